The van der Waals surface area contributed by atoms with Crippen LogP contribution in [0.3, 0.4) is 0 Å². The fraction of sp³-hybridized carbons (Fsp3) is 0.348. The van der Waals surface area contributed by atoms with Crippen LogP contribution in [0.4, 0.5) is 0 Å². The van der Waals surface area contributed by atoms with Crippen molar-refractivity contribution in [2.24, 2.45) is 0 Å². The molecule has 1 aliphatic rings. The predicted octanol–water partition coefficient (Wildman–Crippen LogP) is 3.47. The van der Waals surface area contributed by atoms with E-state index in [9.17, 15) is 9.59 Å². The largest absolute Gasteiger partial charge is 0.450 e. The molecule has 150 valence electrons. The van der Waals surface area contributed by atoms with Crippen molar-refractivity contribution in [2.75, 3.05) is 26.2 Å². The minimum Gasteiger partial charge on any atom is -0.450 e. The predicted molar refractivity (Wildman–Crippen MR) is 112 cm³/mol. The van der Waals surface area contributed by atoms with Gasteiger partial charge in [-0.1, -0.05) is 32.0 Å². The third-order valence-electron chi connectivity index (χ3n) is 5.64. The Hall–Kier alpha value is -2.99. The Morgan fingerprint density at radius 1 is 1.10 bits per heavy atom. The molecule has 0 N–H and O–H groups in total. The second-order valence-corrected chi connectivity index (χ2v) is 7.24. The number of pyridine rings is 1. The molecule has 1 amide bonds. The summed E-state index contributed by atoms with van der Waals surface area (Å²) in [5.41, 5.74) is 1.55. The minimum absolute atomic E-state index is 0.143. The Morgan fingerprint density at radius 2 is 1.90 bits per heavy atom. The van der Waals surface area contributed by atoms with Crippen LogP contribution in [0.1, 0.15) is 48.0 Å². The zero-order chi connectivity index (χ0) is 20.4. The molecule has 0 saturated heterocycles. The molecule has 0 spiro atoms. The highest BCUT2D eigenvalue weighted by Crippen LogP contribution is 2.37. The van der Waals surface area contributed by atoms with E-state index in [0.717, 1.165) is 31.6 Å². The smallest absolute Gasteiger partial charge is 0.290 e. The summed E-state index contributed by atoms with van der Waals surface area (Å²) in [6.07, 6.45) is 4.24. The van der Waals surface area contributed by atoms with Gasteiger partial charge in [-0.2, -0.15) is 0 Å². The van der Waals surface area contributed by atoms with Gasteiger partial charge in [0.15, 0.2) is 5.43 Å². The van der Waals surface area contributed by atoms with Gasteiger partial charge < -0.3 is 14.2 Å². The van der Waals surface area contributed by atoms with Crippen molar-refractivity contribution >= 4 is 16.9 Å². The molecular formula is C23H25N3O3. The van der Waals surface area contributed by atoms with Gasteiger partial charge in [0.25, 0.3) is 5.91 Å². The van der Waals surface area contributed by atoms with Gasteiger partial charge in [0.1, 0.15) is 5.58 Å². The minimum atomic E-state index is -0.469. The summed E-state index contributed by atoms with van der Waals surface area (Å²) in [4.78, 5) is 34.8. The lowest BCUT2D eigenvalue weighted by molar-refractivity contribution is 0.0720. The van der Waals surface area contributed by atoms with Crippen LogP contribution in [0.2, 0.25) is 0 Å². The molecule has 0 saturated carbocycles. The fourth-order valence-corrected chi connectivity index (χ4v) is 4.09. The number of amides is 1. The number of nitrogens with zero attached hydrogens (tertiary/aromatic N) is 3. The number of aromatic nitrogens is 1. The van der Waals surface area contributed by atoms with Crippen LogP contribution < -0.4 is 5.43 Å². The number of benzene rings is 1. The molecular weight excluding hydrogens is 366 g/mol. The quantitative estimate of drug-likeness (QED) is 0.617. The Morgan fingerprint density at radius 3 is 2.62 bits per heavy atom. The Kier molecular flexibility index (Phi) is 5.45. The molecule has 1 aliphatic heterocycles. The van der Waals surface area contributed by atoms with Crippen LogP contribution in [0, 0.1) is 0 Å². The maximum absolute atomic E-state index is 13.3. The Bertz CT molecular complexity index is 1070. The van der Waals surface area contributed by atoms with Crippen molar-refractivity contribution in [1.82, 2.24) is 14.8 Å². The van der Waals surface area contributed by atoms with E-state index in [1.165, 1.54) is 0 Å². The van der Waals surface area contributed by atoms with Gasteiger partial charge in [-0.15, -0.1) is 0 Å². The van der Waals surface area contributed by atoms with Crippen molar-refractivity contribution < 1.29 is 9.21 Å². The van der Waals surface area contributed by atoms with Crippen molar-refractivity contribution in [1.29, 1.82) is 0 Å². The van der Waals surface area contributed by atoms with E-state index in [1.54, 1.807) is 35.5 Å². The molecule has 2 aromatic heterocycles. The van der Waals surface area contributed by atoms with Crippen molar-refractivity contribution in [3.05, 3.63) is 75.9 Å². The molecule has 4 rings (SSSR count). The molecule has 0 unspecified atom stereocenters. The van der Waals surface area contributed by atoms with Gasteiger partial charge in [0, 0.05) is 18.9 Å². The lowest BCUT2D eigenvalue weighted by Crippen LogP contribution is -2.33. The van der Waals surface area contributed by atoms with E-state index in [-0.39, 0.29) is 17.1 Å². The van der Waals surface area contributed by atoms with Gasteiger partial charge >= 0.3 is 0 Å². The van der Waals surface area contributed by atoms with Gasteiger partial charge in [0.05, 0.1) is 17.0 Å². The maximum Gasteiger partial charge on any atom is 0.290 e. The van der Waals surface area contributed by atoms with E-state index >= 15 is 0 Å². The number of hydrogen-bond donors (Lipinski definition) is 0. The van der Waals surface area contributed by atoms with Crippen molar-refractivity contribution in [3.63, 3.8) is 0 Å². The molecule has 0 aliphatic carbocycles. The molecule has 1 aromatic carbocycles. The first kappa shape index (κ1) is 19.3. The zero-order valence-corrected chi connectivity index (χ0v) is 16.8. The van der Waals surface area contributed by atoms with Crippen LogP contribution >= 0.6 is 0 Å². The van der Waals surface area contributed by atoms with E-state index in [2.05, 4.69) is 23.7 Å². The van der Waals surface area contributed by atoms with E-state index in [0.29, 0.717) is 23.1 Å². The highest BCUT2D eigenvalue weighted by molar-refractivity contribution is 5.99. The van der Waals surface area contributed by atoms with E-state index < -0.39 is 6.04 Å². The second-order valence-electron chi connectivity index (χ2n) is 7.24. The highest BCUT2D eigenvalue weighted by Gasteiger charge is 2.42. The van der Waals surface area contributed by atoms with Crippen molar-refractivity contribution in [3.8, 4) is 0 Å². The third-order valence-corrected chi connectivity index (χ3v) is 5.64. The first-order valence-corrected chi connectivity index (χ1v) is 10.1. The number of para-hydroxylation sites is 1. The second kappa shape index (κ2) is 8.17. The first-order valence-electron chi connectivity index (χ1n) is 10.1. The summed E-state index contributed by atoms with van der Waals surface area (Å²) in [6.45, 7) is 7.66. The molecule has 0 fully saturated rings. The third kappa shape index (κ3) is 3.44. The van der Waals surface area contributed by atoms with Gasteiger partial charge in [-0.3, -0.25) is 14.6 Å². The molecule has 6 nitrogen and oxygen atoms in total. The summed E-state index contributed by atoms with van der Waals surface area (Å²) in [7, 11) is 0. The summed E-state index contributed by atoms with van der Waals surface area (Å²) in [5.74, 6) is -0.0679. The standard InChI is InChI=1S/C23H25N3O3/c1-3-25(4-2)13-8-14-26-20(16-9-7-12-24-15-16)19-21(27)17-10-5-6-11-18(17)29-22(19)23(26)28/h5-7,9-12,15,20H,3-4,8,13-14H2,1-2H3/t20-/m1/s1. The summed E-state index contributed by atoms with van der Waals surface area (Å²) in [6, 6.07) is 10.4. The molecule has 3 aromatic rings. The summed E-state index contributed by atoms with van der Waals surface area (Å²) >= 11 is 0. The molecule has 3 heterocycles. The summed E-state index contributed by atoms with van der Waals surface area (Å²) < 4.78 is 5.93. The number of hydrogen-bond acceptors (Lipinski definition) is 5. The number of carbonyl (C=O) groups is 1. The van der Waals surface area contributed by atoms with Crippen LogP contribution in [0.5, 0.6) is 0 Å². The first-order chi connectivity index (χ1) is 14.2. The number of carbonyl (C=O) groups excluding carboxylic acids is 1. The average molecular weight is 391 g/mol. The molecule has 0 bridgehead atoms. The highest BCUT2D eigenvalue weighted by atomic mass is 16.3. The van der Waals surface area contributed by atoms with Crippen LogP contribution in [0.15, 0.2) is 58.0 Å². The van der Waals surface area contributed by atoms with Gasteiger partial charge in [-0.25, -0.2) is 0 Å². The number of rotatable bonds is 7. The molecule has 1 atom stereocenters. The van der Waals surface area contributed by atoms with E-state index in [4.69, 9.17) is 4.42 Å². The van der Waals surface area contributed by atoms with Crippen LogP contribution in [-0.4, -0.2) is 46.9 Å². The van der Waals surface area contributed by atoms with E-state index in [1.807, 2.05) is 18.2 Å². The van der Waals surface area contributed by atoms with Crippen LogP contribution in [-0.2, 0) is 0 Å². The maximum atomic E-state index is 13.3. The molecule has 0 radical (unpaired) electrons. The number of fused-ring (bicyclic) bond motifs is 2. The monoisotopic (exact) mass is 391 g/mol. The summed E-state index contributed by atoms with van der Waals surface area (Å²) in [5, 5.41) is 0.498. The van der Waals surface area contributed by atoms with Gasteiger partial charge in [-0.05, 0) is 49.8 Å². The van der Waals surface area contributed by atoms with Gasteiger partial charge in [0.2, 0.25) is 5.76 Å². The fourth-order valence-electron chi connectivity index (χ4n) is 4.09. The molecule has 6 heteroatoms. The Labute approximate surface area is 169 Å². The molecule has 29 heavy (non-hydrogen) atoms. The SMILES string of the molecule is CCN(CC)CCCN1C(=O)c2oc3ccccc3c(=O)c2[C@H]1c1cccnc1. The topological polar surface area (TPSA) is 66.7 Å². The van der Waals surface area contributed by atoms with Crippen LogP contribution in [0.25, 0.3) is 11.0 Å². The zero-order valence-electron chi connectivity index (χ0n) is 16.8. The average Bonchev–Trinajstić information content (AvgIpc) is 3.04. The lowest BCUT2D eigenvalue weighted by Gasteiger charge is -2.26. The van der Waals surface area contributed by atoms with Crippen molar-refractivity contribution in [2.45, 2.75) is 26.3 Å². The normalized spacial score (nSPS) is 16.0. The Balaban J connectivity index is 1.77. The lowest BCUT2D eigenvalue weighted by atomic mass is 10.00.